The molecule has 0 aliphatic rings. The maximum absolute atomic E-state index is 11.5. The van der Waals surface area contributed by atoms with E-state index in [1.54, 1.807) is 0 Å². The van der Waals surface area contributed by atoms with Gasteiger partial charge in [-0.2, -0.15) is 0 Å². The first kappa shape index (κ1) is 17.3. The summed E-state index contributed by atoms with van der Waals surface area (Å²) in [5.41, 5.74) is 0. The SMILES string of the molecule is CCC(CC)C(=O)OC(O)COCCOCCO. The predicted molar refractivity (Wildman–Crippen MR) is 64.9 cm³/mol. The van der Waals surface area contributed by atoms with E-state index < -0.39 is 12.3 Å². The van der Waals surface area contributed by atoms with Crippen LogP contribution < -0.4 is 0 Å². The Hall–Kier alpha value is -0.690. The Morgan fingerprint density at radius 2 is 1.72 bits per heavy atom. The maximum atomic E-state index is 11.5. The lowest BCUT2D eigenvalue weighted by Gasteiger charge is -2.16. The lowest BCUT2D eigenvalue weighted by molar-refractivity contribution is -0.182. The van der Waals surface area contributed by atoms with Gasteiger partial charge in [-0.25, -0.2) is 0 Å². The van der Waals surface area contributed by atoms with Gasteiger partial charge in [0.2, 0.25) is 6.29 Å². The minimum Gasteiger partial charge on any atom is -0.433 e. The van der Waals surface area contributed by atoms with Gasteiger partial charge >= 0.3 is 5.97 Å². The standard InChI is InChI=1S/C12H24O6/c1-3-10(4-2)12(15)18-11(14)9-17-8-7-16-6-5-13/h10-11,13-14H,3-9H2,1-2H3. The van der Waals surface area contributed by atoms with Gasteiger partial charge < -0.3 is 24.4 Å². The molecule has 0 amide bonds. The molecular formula is C12H24O6. The molecule has 0 aromatic rings. The van der Waals surface area contributed by atoms with Crippen LogP contribution in [0.25, 0.3) is 0 Å². The minimum absolute atomic E-state index is 0.0321. The highest BCUT2D eigenvalue weighted by molar-refractivity contribution is 5.72. The second kappa shape index (κ2) is 11.4. The van der Waals surface area contributed by atoms with E-state index in [9.17, 15) is 9.90 Å². The van der Waals surface area contributed by atoms with Crippen molar-refractivity contribution in [1.29, 1.82) is 0 Å². The van der Waals surface area contributed by atoms with Crippen LogP contribution in [0.5, 0.6) is 0 Å². The van der Waals surface area contributed by atoms with Crippen molar-refractivity contribution in [2.75, 3.05) is 33.0 Å². The largest absolute Gasteiger partial charge is 0.433 e. The Morgan fingerprint density at radius 3 is 2.28 bits per heavy atom. The smallest absolute Gasteiger partial charge is 0.311 e. The Morgan fingerprint density at radius 1 is 1.11 bits per heavy atom. The fraction of sp³-hybridized carbons (Fsp3) is 0.917. The quantitative estimate of drug-likeness (QED) is 0.317. The number of carbonyl (C=O) groups is 1. The molecule has 18 heavy (non-hydrogen) atoms. The minimum atomic E-state index is -1.24. The molecule has 6 nitrogen and oxygen atoms in total. The molecule has 0 heterocycles. The van der Waals surface area contributed by atoms with Crippen molar-refractivity contribution in [3.63, 3.8) is 0 Å². The van der Waals surface area contributed by atoms with E-state index >= 15 is 0 Å². The van der Waals surface area contributed by atoms with E-state index in [4.69, 9.17) is 19.3 Å². The van der Waals surface area contributed by atoms with Crippen LogP contribution in [-0.2, 0) is 19.0 Å². The molecule has 0 aromatic carbocycles. The number of rotatable bonds is 11. The molecule has 1 atom stereocenters. The molecule has 0 aromatic heterocycles. The first-order chi connectivity index (χ1) is 8.65. The van der Waals surface area contributed by atoms with Crippen LogP contribution in [0.15, 0.2) is 0 Å². The molecule has 0 saturated heterocycles. The fourth-order valence-electron chi connectivity index (χ4n) is 1.35. The van der Waals surface area contributed by atoms with Gasteiger partial charge in [0.15, 0.2) is 0 Å². The van der Waals surface area contributed by atoms with Crippen molar-refractivity contribution in [2.24, 2.45) is 5.92 Å². The van der Waals surface area contributed by atoms with Crippen molar-refractivity contribution in [1.82, 2.24) is 0 Å². The van der Waals surface area contributed by atoms with Crippen LogP contribution in [0.3, 0.4) is 0 Å². The van der Waals surface area contributed by atoms with Crippen LogP contribution in [-0.4, -0.2) is 55.5 Å². The average Bonchev–Trinajstić information content (AvgIpc) is 2.35. The molecule has 108 valence electrons. The highest BCUT2D eigenvalue weighted by Crippen LogP contribution is 2.10. The molecule has 0 saturated carbocycles. The highest BCUT2D eigenvalue weighted by atomic mass is 16.7. The summed E-state index contributed by atoms with van der Waals surface area (Å²) in [7, 11) is 0. The Balaban J connectivity index is 3.58. The van der Waals surface area contributed by atoms with Gasteiger partial charge in [0.1, 0.15) is 6.61 Å². The van der Waals surface area contributed by atoms with Gasteiger partial charge in [-0.3, -0.25) is 4.79 Å². The van der Waals surface area contributed by atoms with Crippen LogP contribution in [0.2, 0.25) is 0 Å². The Bertz CT molecular complexity index is 205. The topological polar surface area (TPSA) is 85.2 Å². The van der Waals surface area contributed by atoms with Crippen molar-refractivity contribution < 1.29 is 29.2 Å². The molecule has 0 radical (unpaired) electrons. The molecule has 1 unspecified atom stereocenters. The van der Waals surface area contributed by atoms with Crippen LogP contribution in [0.4, 0.5) is 0 Å². The van der Waals surface area contributed by atoms with E-state index in [1.807, 2.05) is 13.8 Å². The highest BCUT2D eigenvalue weighted by Gasteiger charge is 2.19. The van der Waals surface area contributed by atoms with Crippen molar-refractivity contribution in [3.8, 4) is 0 Å². The number of carbonyl (C=O) groups excluding carboxylic acids is 1. The zero-order valence-electron chi connectivity index (χ0n) is 11.1. The summed E-state index contributed by atoms with van der Waals surface area (Å²) in [5.74, 6) is -0.569. The number of aliphatic hydroxyl groups is 2. The van der Waals surface area contributed by atoms with Gasteiger partial charge in [0.25, 0.3) is 0 Å². The molecule has 0 bridgehead atoms. The number of hydrogen-bond donors (Lipinski definition) is 2. The lowest BCUT2D eigenvalue weighted by Crippen LogP contribution is -2.27. The van der Waals surface area contributed by atoms with Gasteiger partial charge in [-0.1, -0.05) is 13.8 Å². The Kier molecular flexibility index (Phi) is 11.0. The molecule has 0 fully saturated rings. The first-order valence-corrected chi connectivity index (χ1v) is 6.30. The average molecular weight is 264 g/mol. The summed E-state index contributed by atoms with van der Waals surface area (Å²) < 4.78 is 14.8. The van der Waals surface area contributed by atoms with E-state index in [0.717, 1.165) is 0 Å². The number of esters is 1. The zero-order chi connectivity index (χ0) is 13.8. The summed E-state index contributed by atoms with van der Waals surface area (Å²) in [5, 5.41) is 17.9. The molecule has 2 N–H and O–H groups in total. The van der Waals surface area contributed by atoms with E-state index in [1.165, 1.54) is 0 Å². The first-order valence-electron chi connectivity index (χ1n) is 6.30. The summed E-state index contributed by atoms with van der Waals surface area (Å²) in [6, 6.07) is 0. The molecule has 0 aliphatic carbocycles. The summed E-state index contributed by atoms with van der Waals surface area (Å²) in [6.07, 6.45) is 0.145. The van der Waals surface area contributed by atoms with Gasteiger partial charge in [0, 0.05) is 0 Å². The number of hydrogen-bond acceptors (Lipinski definition) is 6. The molecular weight excluding hydrogens is 240 g/mol. The van der Waals surface area contributed by atoms with E-state index in [0.29, 0.717) is 19.4 Å². The third kappa shape index (κ3) is 8.41. The Labute approximate surface area is 108 Å². The second-order valence-corrected chi connectivity index (χ2v) is 3.82. The second-order valence-electron chi connectivity index (χ2n) is 3.82. The molecule has 0 rings (SSSR count). The maximum Gasteiger partial charge on any atom is 0.311 e. The van der Waals surface area contributed by atoms with E-state index in [2.05, 4.69) is 0 Å². The zero-order valence-corrected chi connectivity index (χ0v) is 11.1. The van der Waals surface area contributed by atoms with Crippen LogP contribution in [0, 0.1) is 5.92 Å². The van der Waals surface area contributed by atoms with E-state index in [-0.39, 0.29) is 32.3 Å². The number of aliphatic hydroxyl groups excluding tert-OH is 2. The number of ether oxygens (including phenoxy) is 3. The third-order valence-electron chi connectivity index (χ3n) is 2.44. The summed E-state index contributed by atoms with van der Waals surface area (Å²) in [6.45, 7) is 4.56. The summed E-state index contributed by atoms with van der Waals surface area (Å²) >= 11 is 0. The monoisotopic (exact) mass is 264 g/mol. The van der Waals surface area contributed by atoms with Crippen molar-refractivity contribution in [3.05, 3.63) is 0 Å². The lowest BCUT2D eigenvalue weighted by atomic mass is 10.0. The molecule has 6 heteroatoms. The van der Waals surface area contributed by atoms with Crippen molar-refractivity contribution in [2.45, 2.75) is 33.0 Å². The van der Waals surface area contributed by atoms with Crippen LogP contribution in [0.1, 0.15) is 26.7 Å². The summed E-state index contributed by atoms with van der Waals surface area (Å²) in [4.78, 5) is 11.5. The van der Waals surface area contributed by atoms with Gasteiger partial charge in [-0.05, 0) is 12.8 Å². The predicted octanol–water partition coefficient (Wildman–Crippen LogP) is 0.310. The van der Waals surface area contributed by atoms with Crippen molar-refractivity contribution >= 4 is 5.97 Å². The third-order valence-corrected chi connectivity index (χ3v) is 2.44. The van der Waals surface area contributed by atoms with Crippen LogP contribution >= 0.6 is 0 Å². The fourth-order valence-corrected chi connectivity index (χ4v) is 1.35. The molecule has 0 spiro atoms. The molecule has 0 aliphatic heterocycles. The van der Waals surface area contributed by atoms with Gasteiger partial charge in [0.05, 0.1) is 32.3 Å². The normalized spacial score (nSPS) is 12.7. The van der Waals surface area contributed by atoms with Gasteiger partial charge in [-0.15, -0.1) is 0 Å².